The number of hydrogen-bond acceptors (Lipinski definition) is 2. The number of methoxy groups -OCH3 is 1. The van der Waals surface area contributed by atoms with Crippen LogP contribution in [0.15, 0.2) is 0 Å². The largest absolute Gasteiger partial charge is 0.383 e. The van der Waals surface area contributed by atoms with Crippen molar-refractivity contribution in [1.29, 1.82) is 0 Å². The SMILES string of the molecule is C#CCCCNC(COC)C1CC1. The first-order chi connectivity index (χ1) is 6.38. The minimum atomic E-state index is 0.558. The van der Waals surface area contributed by atoms with Gasteiger partial charge < -0.3 is 10.1 Å². The van der Waals surface area contributed by atoms with E-state index >= 15 is 0 Å². The van der Waals surface area contributed by atoms with Gasteiger partial charge >= 0.3 is 0 Å². The summed E-state index contributed by atoms with van der Waals surface area (Å²) in [6, 6.07) is 0.558. The summed E-state index contributed by atoms with van der Waals surface area (Å²) in [7, 11) is 1.76. The maximum Gasteiger partial charge on any atom is 0.0618 e. The van der Waals surface area contributed by atoms with E-state index in [1.165, 1.54) is 12.8 Å². The maximum atomic E-state index is 5.17. The van der Waals surface area contributed by atoms with Crippen LogP contribution < -0.4 is 5.32 Å². The molecule has 0 aromatic rings. The van der Waals surface area contributed by atoms with E-state index in [-0.39, 0.29) is 0 Å². The van der Waals surface area contributed by atoms with E-state index in [9.17, 15) is 0 Å². The second kappa shape index (κ2) is 6.01. The Labute approximate surface area is 81.0 Å². The van der Waals surface area contributed by atoms with Crippen LogP contribution in [0.25, 0.3) is 0 Å². The van der Waals surface area contributed by atoms with Crippen LogP contribution in [0.5, 0.6) is 0 Å². The zero-order valence-electron chi connectivity index (χ0n) is 8.38. The smallest absolute Gasteiger partial charge is 0.0618 e. The molecule has 2 nitrogen and oxygen atoms in total. The highest BCUT2D eigenvalue weighted by Crippen LogP contribution is 2.32. The molecule has 0 saturated heterocycles. The van der Waals surface area contributed by atoms with E-state index in [0.717, 1.165) is 31.9 Å². The number of unbranched alkanes of at least 4 members (excludes halogenated alkanes) is 1. The monoisotopic (exact) mass is 181 g/mol. The third-order valence-corrected chi connectivity index (χ3v) is 2.44. The fourth-order valence-electron chi connectivity index (χ4n) is 1.52. The molecule has 1 atom stereocenters. The number of rotatable bonds is 7. The second-order valence-electron chi connectivity index (χ2n) is 3.66. The second-order valence-corrected chi connectivity index (χ2v) is 3.66. The van der Waals surface area contributed by atoms with Gasteiger partial charge in [0.15, 0.2) is 0 Å². The average Bonchev–Trinajstić information content (AvgIpc) is 2.93. The average molecular weight is 181 g/mol. The van der Waals surface area contributed by atoms with Gasteiger partial charge in [-0.05, 0) is 31.7 Å². The summed E-state index contributed by atoms with van der Waals surface area (Å²) in [6.07, 6.45) is 9.83. The third-order valence-electron chi connectivity index (χ3n) is 2.44. The van der Waals surface area contributed by atoms with Gasteiger partial charge in [-0.15, -0.1) is 12.3 Å². The normalized spacial score (nSPS) is 18.2. The Morgan fingerprint density at radius 1 is 1.62 bits per heavy atom. The molecule has 0 aromatic heterocycles. The van der Waals surface area contributed by atoms with Gasteiger partial charge in [0.05, 0.1) is 6.61 Å². The minimum absolute atomic E-state index is 0.558. The van der Waals surface area contributed by atoms with Gasteiger partial charge in [-0.1, -0.05) is 0 Å². The molecule has 1 fully saturated rings. The predicted octanol–water partition coefficient (Wildman–Crippen LogP) is 1.41. The molecule has 0 heterocycles. The molecule has 1 aliphatic rings. The lowest BCUT2D eigenvalue weighted by molar-refractivity contribution is 0.157. The van der Waals surface area contributed by atoms with Crippen LogP contribution in [-0.4, -0.2) is 26.3 Å². The Hall–Kier alpha value is -0.520. The van der Waals surface area contributed by atoms with E-state index in [1.807, 2.05) is 0 Å². The molecule has 0 radical (unpaired) electrons. The Morgan fingerprint density at radius 2 is 2.38 bits per heavy atom. The molecule has 0 bridgehead atoms. The predicted molar refractivity (Wildman–Crippen MR) is 54.5 cm³/mol. The Kier molecular flexibility index (Phi) is 4.88. The minimum Gasteiger partial charge on any atom is -0.383 e. The van der Waals surface area contributed by atoms with Crippen molar-refractivity contribution >= 4 is 0 Å². The van der Waals surface area contributed by atoms with Crippen molar-refractivity contribution in [3.63, 3.8) is 0 Å². The van der Waals surface area contributed by atoms with Gasteiger partial charge in [0, 0.05) is 19.6 Å². The lowest BCUT2D eigenvalue weighted by atomic mass is 10.2. The Balaban J connectivity index is 2.04. The van der Waals surface area contributed by atoms with E-state index in [1.54, 1.807) is 7.11 Å². The quantitative estimate of drug-likeness (QED) is 0.473. The third kappa shape index (κ3) is 4.31. The van der Waals surface area contributed by atoms with Gasteiger partial charge in [0.25, 0.3) is 0 Å². The lowest BCUT2D eigenvalue weighted by Crippen LogP contribution is -2.35. The Morgan fingerprint density at radius 3 is 2.92 bits per heavy atom. The van der Waals surface area contributed by atoms with Crippen LogP contribution in [0.2, 0.25) is 0 Å². The number of ether oxygens (including phenoxy) is 1. The van der Waals surface area contributed by atoms with E-state index in [0.29, 0.717) is 6.04 Å². The van der Waals surface area contributed by atoms with Crippen LogP contribution in [-0.2, 0) is 4.74 Å². The van der Waals surface area contributed by atoms with Gasteiger partial charge in [0.2, 0.25) is 0 Å². The molecule has 0 aliphatic heterocycles. The zero-order valence-corrected chi connectivity index (χ0v) is 8.38. The topological polar surface area (TPSA) is 21.3 Å². The standard InChI is InChI=1S/C11H19NO/c1-3-4-5-8-12-11(9-13-2)10-6-7-10/h1,10-12H,4-9H2,2H3. The summed E-state index contributed by atoms with van der Waals surface area (Å²) in [5, 5.41) is 3.50. The first-order valence-corrected chi connectivity index (χ1v) is 5.04. The van der Waals surface area contributed by atoms with Crippen LogP contribution in [0, 0.1) is 18.3 Å². The molecule has 1 saturated carbocycles. The molecule has 2 heteroatoms. The summed E-state index contributed by atoms with van der Waals surface area (Å²) in [4.78, 5) is 0. The number of nitrogens with one attached hydrogen (secondary N) is 1. The molecule has 0 aromatic carbocycles. The molecule has 74 valence electrons. The first kappa shape index (κ1) is 10.6. The van der Waals surface area contributed by atoms with Crippen LogP contribution in [0.1, 0.15) is 25.7 Å². The zero-order chi connectivity index (χ0) is 9.52. The molecule has 1 rings (SSSR count). The van der Waals surface area contributed by atoms with Crippen LogP contribution in [0.4, 0.5) is 0 Å². The highest BCUT2D eigenvalue weighted by Gasteiger charge is 2.30. The lowest BCUT2D eigenvalue weighted by Gasteiger charge is -2.16. The van der Waals surface area contributed by atoms with Gasteiger partial charge in [-0.25, -0.2) is 0 Å². The highest BCUT2D eigenvalue weighted by molar-refractivity contribution is 4.87. The summed E-state index contributed by atoms with van der Waals surface area (Å²) in [5.41, 5.74) is 0. The van der Waals surface area contributed by atoms with Crippen molar-refractivity contribution in [2.75, 3.05) is 20.3 Å². The first-order valence-electron chi connectivity index (χ1n) is 5.04. The molecule has 0 amide bonds. The molecule has 1 N–H and O–H groups in total. The molecule has 1 unspecified atom stereocenters. The highest BCUT2D eigenvalue weighted by atomic mass is 16.5. The Bertz CT molecular complexity index is 169. The summed E-state index contributed by atoms with van der Waals surface area (Å²) < 4.78 is 5.16. The number of hydrogen-bond donors (Lipinski definition) is 1. The van der Waals surface area contributed by atoms with E-state index < -0.39 is 0 Å². The fourth-order valence-corrected chi connectivity index (χ4v) is 1.52. The summed E-state index contributed by atoms with van der Waals surface area (Å²) in [5.74, 6) is 3.50. The van der Waals surface area contributed by atoms with Crippen molar-refractivity contribution in [2.24, 2.45) is 5.92 Å². The van der Waals surface area contributed by atoms with Crippen LogP contribution in [0.3, 0.4) is 0 Å². The van der Waals surface area contributed by atoms with E-state index in [4.69, 9.17) is 11.2 Å². The molecular formula is C11H19NO. The van der Waals surface area contributed by atoms with Crippen molar-refractivity contribution in [3.05, 3.63) is 0 Å². The summed E-state index contributed by atoms with van der Waals surface area (Å²) in [6.45, 7) is 1.86. The maximum absolute atomic E-state index is 5.17. The van der Waals surface area contributed by atoms with Gasteiger partial charge in [-0.2, -0.15) is 0 Å². The van der Waals surface area contributed by atoms with E-state index in [2.05, 4.69) is 11.2 Å². The van der Waals surface area contributed by atoms with Gasteiger partial charge in [-0.3, -0.25) is 0 Å². The van der Waals surface area contributed by atoms with Crippen molar-refractivity contribution < 1.29 is 4.74 Å². The molecule has 13 heavy (non-hydrogen) atoms. The fraction of sp³-hybridized carbons (Fsp3) is 0.818. The van der Waals surface area contributed by atoms with Crippen molar-refractivity contribution in [3.8, 4) is 12.3 Å². The molecule has 0 spiro atoms. The summed E-state index contributed by atoms with van der Waals surface area (Å²) >= 11 is 0. The molecule has 1 aliphatic carbocycles. The van der Waals surface area contributed by atoms with Crippen molar-refractivity contribution in [2.45, 2.75) is 31.7 Å². The van der Waals surface area contributed by atoms with Gasteiger partial charge in [0.1, 0.15) is 0 Å². The number of terminal acetylenes is 1. The van der Waals surface area contributed by atoms with Crippen LogP contribution >= 0.6 is 0 Å². The van der Waals surface area contributed by atoms with Crippen molar-refractivity contribution in [1.82, 2.24) is 5.32 Å². The molecular weight excluding hydrogens is 162 g/mol.